The summed E-state index contributed by atoms with van der Waals surface area (Å²) in [5, 5.41) is 8.58. The van der Waals surface area contributed by atoms with Gasteiger partial charge in [-0.1, -0.05) is 0 Å². The highest BCUT2D eigenvalue weighted by Crippen LogP contribution is 2.26. The molecule has 1 atom stereocenters. The molecular formula is C11H12BrFN2O2S. The van der Waals surface area contributed by atoms with E-state index in [-0.39, 0.29) is 15.8 Å². The van der Waals surface area contributed by atoms with E-state index in [4.69, 9.17) is 5.26 Å². The summed E-state index contributed by atoms with van der Waals surface area (Å²) in [4.78, 5) is -0.0174. The second-order valence-corrected chi connectivity index (χ2v) is 6.63. The van der Waals surface area contributed by atoms with Crippen LogP contribution in [0.3, 0.4) is 0 Å². The summed E-state index contributed by atoms with van der Waals surface area (Å²) in [5.74, 6) is -0.520. The summed E-state index contributed by atoms with van der Waals surface area (Å²) >= 11 is 3.03. The molecule has 7 heteroatoms. The van der Waals surface area contributed by atoms with Crippen LogP contribution in [0.4, 0.5) is 4.39 Å². The predicted molar refractivity (Wildman–Crippen MR) is 68.7 cm³/mol. The summed E-state index contributed by atoms with van der Waals surface area (Å²) in [6.07, 6.45) is 0.0918. The van der Waals surface area contributed by atoms with Gasteiger partial charge in [-0.2, -0.15) is 9.57 Å². The number of nitrogens with zero attached hydrogens (tertiary/aromatic N) is 2. The molecule has 0 aliphatic carbocycles. The summed E-state index contributed by atoms with van der Waals surface area (Å²) in [6, 6.07) is 4.85. The van der Waals surface area contributed by atoms with E-state index in [2.05, 4.69) is 15.9 Å². The van der Waals surface area contributed by atoms with Crippen LogP contribution < -0.4 is 0 Å². The first-order valence-electron chi connectivity index (χ1n) is 5.10. The van der Waals surface area contributed by atoms with Crippen molar-refractivity contribution in [1.82, 2.24) is 4.31 Å². The SMILES string of the molecule is CC(CC#N)N(C)S(=O)(=O)c1ccc(F)cc1Br. The molecule has 0 spiro atoms. The van der Waals surface area contributed by atoms with Crippen LogP contribution in [0.25, 0.3) is 0 Å². The van der Waals surface area contributed by atoms with Crippen molar-refractivity contribution in [2.75, 3.05) is 7.05 Å². The van der Waals surface area contributed by atoms with Crippen LogP contribution >= 0.6 is 15.9 Å². The Labute approximate surface area is 114 Å². The van der Waals surface area contributed by atoms with Gasteiger partial charge in [-0.05, 0) is 41.1 Å². The maximum absolute atomic E-state index is 12.9. The lowest BCUT2D eigenvalue weighted by atomic mass is 10.3. The van der Waals surface area contributed by atoms with Crippen LogP contribution in [-0.4, -0.2) is 25.8 Å². The summed E-state index contributed by atoms with van der Waals surface area (Å²) in [7, 11) is -2.34. The Hall–Kier alpha value is -0.970. The van der Waals surface area contributed by atoms with Crippen molar-refractivity contribution in [1.29, 1.82) is 5.26 Å². The van der Waals surface area contributed by atoms with Gasteiger partial charge in [0.2, 0.25) is 10.0 Å². The van der Waals surface area contributed by atoms with Gasteiger partial charge in [-0.3, -0.25) is 0 Å². The Balaban J connectivity index is 3.18. The van der Waals surface area contributed by atoms with E-state index in [1.807, 2.05) is 6.07 Å². The molecule has 0 fully saturated rings. The van der Waals surface area contributed by atoms with Crippen LogP contribution in [0.15, 0.2) is 27.6 Å². The van der Waals surface area contributed by atoms with Crippen molar-refractivity contribution in [2.24, 2.45) is 0 Å². The van der Waals surface area contributed by atoms with Crippen LogP contribution in [0, 0.1) is 17.1 Å². The van der Waals surface area contributed by atoms with Gasteiger partial charge in [0.05, 0.1) is 17.4 Å². The second kappa shape index (κ2) is 5.78. The summed E-state index contributed by atoms with van der Waals surface area (Å²) in [5.41, 5.74) is 0. The second-order valence-electron chi connectivity index (χ2n) is 3.81. The predicted octanol–water partition coefficient (Wildman–Crippen LogP) is 2.51. The fourth-order valence-corrected chi connectivity index (χ4v) is 3.71. The molecule has 0 aromatic heterocycles. The Morgan fingerprint density at radius 1 is 1.56 bits per heavy atom. The number of benzene rings is 1. The maximum atomic E-state index is 12.9. The fourth-order valence-electron chi connectivity index (χ4n) is 1.34. The third-order valence-corrected chi connectivity index (χ3v) is 5.51. The molecule has 0 saturated heterocycles. The van der Waals surface area contributed by atoms with Gasteiger partial charge >= 0.3 is 0 Å². The van der Waals surface area contributed by atoms with Gasteiger partial charge in [0, 0.05) is 17.6 Å². The molecule has 0 N–H and O–H groups in total. The lowest BCUT2D eigenvalue weighted by Gasteiger charge is -2.22. The minimum Gasteiger partial charge on any atom is -0.207 e. The molecule has 0 saturated carbocycles. The molecule has 18 heavy (non-hydrogen) atoms. The quantitative estimate of drug-likeness (QED) is 0.849. The minimum absolute atomic E-state index is 0.0174. The summed E-state index contributed by atoms with van der Waals surface area (Å²) < 4.78 is 38.7. The van der Waals surface area contributed by atoms with E-state index in [0.717, 1.165) is 16.4 Å². The monoisotopic (exact) mass is 334 g/mol. The van der Waals surface area contributed by atoms with Crippen molar-refractivity contribution < 1.29 is 12.8 Å². The molecule has 0 aliphatic heterocycles. The minimum atomic E-state index is -3.74. The van der Waals surface area contributed by atoms with E-state index in [1.165, 1.54) is 13.1 Å². The van der Waals surface area contributed by atoms with Crippen molar-refractivity contribution in [3.63, 3.8) is 0 Å². The Kier molecular flexibility index (Phi) is 4.85. The molecule has 1 rings (SSSR count). The van der Waals surface area contributed by atoms with E-state index in [1.54, 1.807) is 6.92 Å². The number of hydrogen-bond acceptors (Lipinski definition) is 3. The number of nitriles is 1. The van der Waals surface area contributed by atoms with Gasteiger partial charge < -0.3 is 0 Å². The average Bonchev–Trinajstić information content (AvgIpc) is 2.27. The lowest BCUT2D eigenvalue weighted by Crippen LogP contribution is -2.35. The molecule has 1 aromatic rings. The number of halogens is 2. The molecule has 4 nitrogen and oxygen atoms in total. The van der Waals surface area contributed by atoms with Gasteiger partial charge in [-0.15, -0.1) is 0 Å². The lowest BCUT2D eigenvalue weighted by molar-refractivity contribution is 0.393. The van der Waals surface area contributed by atoms with Crippen LogP contribution in [-0.2, 0) is 10.0 Å². The maximum Gasteiger partial charge on any atom is 0.244 e. The highest BCUT2D eigenvalue weighted by atomic mass is 79.9. The van der Waals surface area contributed by atoms with Crippen molar-refractivity contribution >= 4 is 26.0 Å². The van der Waals surface area contributed by atoms with Gasteiger partial charge in [0.15, 0.2) is 0 Å². The standard InChI is InChI=1S/C11H12BrFN2O2S/c1-8(5-6-14)15(2)18(16,17)11-4-3-9(13)7-10(11)12/h3-4,7-8H,5H2,1-2H3. The highest BCUT2D eigenvalue weighted by molar-refractivity contribution is 9.10. The molecule has 1 aromatic carbocycles. The zero-order valence-electron chi connectivity index (χ0n) is 9.89. The van der Waals surface area contributed by atoms with Gasteiger partial charge in [0.1, 0.15) is 5.82 Å². The number of sulfonamides is 1. The van der Waals surface area contributed by atoms with E-state index in [0.29, 0.717) is 0 Å². The zero-order chi connectivity index (χ0) is 13.9. The molecule has 98 valence electrons. The largest absolute Gasteiger partial charge is 0.244 e. The van der Waals surface area contributed by atoms with Crippen molar-refractivity contribution in [3.05, 3.63) is 28.5 Å². The van der Waals surface area contributed by atoms with E-state index >= 15 is 0 Å². The van der Waals surface area contributed by atoms with Gasteiger partial charge in [-0.25, -0.2) is 12.8 Å². The Morgan fingerprint density at radius 2 is 2.17 bits per heavy atom. The molecule has 0 aliphatic rings. The Bertz CT molecular complexity index is 583. The van der Waals surface area contributed by atoms with E-state index in [9.17, 15) is 12.8 Å². The smallest absolute Gasteiger partial charge is 0.207 e. The first-order valence-corrected chi connectivity index (χ1v) is 7.34. The molecule has 0 heterocycles. The molecule has 0 bridgehead atoms. The van der Waals surface area contributed by atoms with Crippen molar-refractivity contribution in [3.8, 4) is 6.07 Å². The number of rotatable bonds is 4. The molecular weight excluding hydrogens is 323 g/mol. The van der Waals surface area contributed by atoms with Crippen LogP contribution in [0.5, 0.6) is 0 Å². The first kappa shape index (κ1) is 15.1. The fraction of sp³-hybridized carbons (Fsp3) is 0.364. The molecule has 1 unspecified atom stereocenters. The average molecular weight is 335 g/mol. The zero-order valence-corrected chi connectivity index (χ0v) is 12.3. The normalized spacial score (nSPS) is 13.3. The molecule has 0 radical (unpaired) electrons. The number of hydrogen-bond donors (Lipinski definition) is 0. The van der Waals surface area contributed by atoms with E-state index < -0.39 is 21.9 Å². The van der Waals surface area contributed by atoms with Crippen LogP contribution in [0.1, 0.15) is 13.3 Å². The van der Waals surface area contributed by atoms with Crippen LogP contribution in [0.2, 0.25) is 0 Å². The summed E-state index contributed by atoms with van der Waals surface area (Å²) in [6.45, 7) is 1.64. The highest BCUT2D eigenvalue weighted by Gasteiger charge is 2.27. The topological polar surface area (TPSA) is 61.2 Å². The van der Waals surface area contributed by atoms with Crippen molar-refractivity contribution in [2.45, 2.75) is 24.3 Å². The van der Waals surface area contributed by atoms with Gasteiger partial charge in [0.25, 0.3) is 0 Å². The molecule has 0 amide bonds. The Morgan fingerprint density at radius 3 is 2.67 bits per heavy atom. The third kappa shape index (κ3) is 3.07. The first-order chi connectivity index (χ1) is 8.30. The third-order valence-electron chi connectivity index (χ3n) is 2.56.